The fraction of sp³-hybridized carbons (Fsp3) is 0.118. The number of benzene rings is 2. The molecule has 9 nitrogen and oxygen atoms in total. The van der Waals surface area contributed by atoms with Gasteiger partial charge in [-0.2, -0.15) is 5.10 Å². The molecule has 0 unspecified atom stereocenters. The number of hydrogen-bond acceptors (Lipinski definition) is 6. The average Bonchev–Trinajstić information content (AvgIpc) is 2.63. The predicted molar refractivity (Wildman–Crippen MR) is 91.3 cm³/mol. The van der Waals surface area contributed by atoms with Crippen molar-refractivity contribution in [3.63, 3.8) is 0 Å². The first-order valence-electron chi connectivity index (χ1n) is 7.53. The zero-order valence-corrected chi connectivity index (χ0v) is 13.7. The first kappa shape index (κ1) is 18.6. The van der Waals surface area contributed by atoms with Crippen LogP contribution in [0.4, 0.5) is 5.69 Å². The number of hydrogen-bond donors (Lipinski definition) is 2. The van der Waals surface area contributed by atoms with E-state index in [4.69, 9.17) is 0 Å². The van der Waals surface area contributed by atoms with Crippen molar-refractivity contribution in [2.45, 2.75) is 13.0 Å². The summed E-state index contributed by atoms with van der Waals surface area (Å²) in [6.07, 6.45) is 0.946. The quantitative estimate of drug-likeness (QED) is 0.357. The molecule has 0 aliphatic rings. The number of nitrogens with zero attached hydrogens (tertiary/aromatic N) is 2. The Bertz CT molecular complexity index is 851. The van der Waals surface area contributed by atoms with Crippen molar-refractivity contribution < 1.29 is 19.6 Å². The van der Waals surface area contributed by atoms with E-state index in [9.17, 15) is 24.8 Å². The van der Waals surface area contributed by atoms with Crippen LogP contribution in [0.25, 0.3) is 0 Å². The smallest absolute Gasteiger partial charge is 0.329 e. The maximum atomic E-state index is 11.8. The molecule has 2 aromatic rings. The van der Waals surface area contributed by atoms with Crippen LogP contribution in [0.2, 0.25) is 0 Å². The molecule has 0 radical (unpaired) electrons. The number of nitro benzene ring substituents is 1. The van der Waals surface area contributed by atoms with Gasteiger partial charge in [-0.3, -0.25) is 19.7 Å². The van der Waals surface area contributed by atoms with Gasteiger partial charge in [0.05, 0.1) is 17.2 Å². The first-order chi connectivity index (χ1) is 12.4. The standard InChI is InChI=1S/C17H16N4O5/c1-11(12-5-3-2-4-6-12)19-16(23)17(24)20-18-10-13-9-14(21(25)26)7-8-15(13)22/h2-11,22H,1H3,(H,19,23)(H,20,24)/p-1/b18-10+/t11-/m0/s1. The molecule has 0 spiro atoms. The van der Waals surface area contributed by atoms with Gasteiger partial charge in [-0.25, -0.2) is 5.43 Å². The molecule has 0 aliphatic heterocycles. The third kappa shape index (κ3) is 4.87. The highest BCUT2D eigenvalue weighted by molar-refractivity contribution is 6.35. The minimum absolute atomic E-state index is 0.0856. The molecule has 2 aromatic carbocycles. The predicted octanol–water partition coefficient (Wildman–Crippen LogP) is 0.996. The van der Waals surface area contributed by atoms with Gasteiger partial charge in [0.15, 0.2) is 0 Å². The van der Waals surface area contributed by atoms with Crippen LogP contribution in [0.3, 0.4) is 0 Å². The molecule has 9 heteroatoms. The Hall–Kier alpha value is -3.75. The Morgan fingerprint density at radius 2 is 1.85 bits per heavy atom. The van der Waals surface area contributed by atoms with Crippen molar-refractivity contribution >= 4 is 23.7 Å². The molecule has 2 rings (SSSR count). The molecule has 0 bridgehead atoms. The minimum Gasteiger partial charge on any atom is -0.872 e. The van der Waals surface area contributed by atoms with Gasteiger partial charge in [-0.05, 0) is 18.1 Å². The summed E-state index contributed by atoms with van der Waals surface area (Å²) in [6.45, 7) is 1.72. The van der Waals surface area contributed by atoms with Crippen LogP contribution in [0.15, 0.2) is 53.6 Å². The van der Waals surface area contributed by atoms with Crippen LogP contribution in [0, 0.1) is 10.1 Å². The fourth-order valence-corrected chi connectivity index (χ4v) is 2.05. The number of nitro groups is 1. The summed E-state index contributed by atoms with van der Waals surface area (Å²) in [7, 11) is 0. The molecule has 0 heterocycles. The fourth-order valence-electron chi connectivity index (χ4n) is 2.05. The van der Waals surface area contributed by atoms with Crippen LogP contribution in [0.5, 0.6) is 5.75 Å². The molecule has 0 saturated carbocycles. The Labute approximate surface area is 148 Å². The Balaban J connectivity index is 1.95. The number of carbonyl (C=O) groups is 2. The van der Waals surface area contributed by atoms with Crippen molar-refractivity contribution in [2.75, 3.05) is 0 Å². The van der Waals surface area contributed by atoms with Gasteiger partial charge in [-0.15, -0.1) is 0 Å². The number of non-ortho nitro benzene ring substituents is 1. The summed E-state index contributed by atoms with van der Waals surface area (Å²) in [4.78, 5) is 33.6. The second-order valence-corrected chi connectivity index (χ2v) is 5.28. The van der Waals surface area contributed by atoms with E-state index >= 15 is 0 Å². The summed E-state index contributed by atoms with van der Waals surface area (Å²) in [5, 5.41) is 28.3. The van der Waals surface area contributed by atoms with Crippen molar-refractivity contribution in [1.29, 1.82) is 0 Å². The Morgan fingerprint density at radius 1 is 1.15 bits per heavy atom. The number of carbonyl (C=O) groups excluding carboxylic acids is 2. The second-order valence-electron chi connectivity index (χ2n) is 5.28. The largest absolute Gasteiger partial charge is 0.872 e. The lowest BCUT2D eigenvalue weighted by atomic mass is 10.1. The van der Waals surface area contributed by atoms with Crippen molar-refractivity contribution in [2.24, 2.45) is 5.10 Å². The molecule has 0 aliphatic carbocycles. The zero-order chi connectivity index (χ0) is 19.1. The summed E-state index contributed by atoms with van der Waals surface area (Å²) in [6, 6.07) is 11.8. The monoisotopic (exact) mass is 355 g/mol. The van der Waals surface area contributed by atoms with E-state index in [1.165, 1.54) is 0 Å². The van der Waals surface area contributed by atoms with E-state index in [-0.39, 0.29) is 17.3 Å². The van der Waals surface area contributed by atoms with Crippen LogP contribution in [-0.4, -0.2) is 23.0 Å². The van der Waals surface area contributed by atoms with E-state index in [0.29, 0.717) is 0 Å². The van der Waals surface area contributed by atoms with Crippen LogP contribution < -0.4 is 15.8 Å². The van der Waals surface area contributed by atoms with Crippen molar-refractivity contribution in [3.05, 3.63) is 69.8 Å². The highest BCUT2D eigenvalue weighted by Crippen LogP contribution is 2.19. The first-order valence-corrected chi connectivity index (χ1v) is 7.53. The highest BCUT2D eigenvalue weighted by Gasteiger charge is 2.16. The number of amides is 2. The van der Waals surface area contributed by atoms with E-state index in [1.807, 2.05) is 23.6 Å². The zero-order valence-electron chi connectivity index (χ0n) is 13.7. The topological polar surface area (TPSA) is 137 Å². The second kappa shape index (κ2) is 8.38. The minimum atomic E-state index is -1.03. The normalized spacial score (nSPS) is 11.7. The SMILES string of the molecule is C[C@H](NC(=O)C(=O)N/N=C/c1cc([N+](=O)[O-])ccc1[O-])c1ccccc1. The van der Waals surface area contributed by atoms with E-state index in [1.54, 1.807) is 19.1 Å². The van der Waals surface area contributed by atoms with Gasteiger partial charge >= 0.3 is 11.8 Å². The van der Waals surface area contributed by atoms with Gasteiger partial charge in [0.2, 0.25) is 0 Å². The van der Waals surface area contributed by atoms with Gasteiger partial charge in [0.1, 0.15) is 0 Å². The Morgan fingerprint density at radius 3 is 2.50 bits per heavy atom. The van der Waals surface area contributed by atoms with E-state index in [2.05, 4.69) is 10.4 Å². The van der Waals surface area contributed by atoms with Gasteiger partial charge in [-0.1, -0.05) is 42.1 Å². The maximum absolute atomic E-state index is 11.8. The molecule has 1 atom stereocenters. The summed E-state index contributed by atoms with van der Waals surface area (Å²) < 4.78 is 0. The summed E-state index contributed by atoms with van der Waals surface area (Å²) in [5.74, 6) is -2.43. The molecular weight excluding hydrogens is 340 g/mol. The molecule has 0 fully saturated rings. The van der Waals surface area contributed by atoms with E-state index in [0.717, 1.165) is 30.0 Å². The molecule has 0 aromatic heterocycles. The lowest BCUT2D eigenvalue weighted by Gasteiger charge is -2.13. The molecule has 2 N–H and O–H groups in total. The van der Waals surface area contributed by atoms with Gasteiger partial charge in [0.25, 0.3) is 5.69 Å². The highest BCUT2D eigenvalue weighted by atomic mass is 16.6. The van der Waals surface area contributed by atoms with Crippen molar-refractivity contribution in [1.82, 2.24) is 10.7 Å². The van der Waals surface area contributed by atoms with E-state index < -0.39 is 22.5 Å². The van der Waals surface area contributed by atoms with Crippen LogP contribution in [-0.2, 0) is 9.59 Å². The third-order valence-electron chi connectivity index (χ3n) is 3.43. The molecule has 2 amide bonds. The molecule has 0 saturated heterocycles. The number of hydrazone groups is 1. The lowest BCUT2D eigenvalue weighted by molar-refractivity contribution is -0.385. The van der Waals surface area contributed by atoms with Crippen molar-refractivity contribution in [3.8, 4) is 5.75 Å². The number of nitrogens with one attached hydrogen (secondary N) is 2. The van der Waals surface area contributed by atoms with Crippen LogP contribution >= 0.6 is 0 Å². The average molecular weight is 355 g/mol. The Kier molecular flexibility index (Phi) is 5.99. The molecule has 134 valence electrons. The van der Waals surface area contributed by atoms with Gasteiger partial charge in [0, 0.05) is 12.1 Å². The number of rotatable bonds is 5. The summed E-state index contributed by atoms with van der Waals surface area (Å²) in [5.41, 5.74) is 2.43. The van der Waals surface area contributed by atoms with Crippen LogP contribution in [0.1, 0.15) is 24.1 Å². The van der Waals surface area contributed by atoms with Gasteiger partial charge < -0.3 is 10.4 Å². The lowest BCUT2D eigenvalue weighted by Crippen LogP contribution is -2.39. The third-order valence-corrected chi connectivity index (χ3v) is 3.43. The molecule has 26 heavy (non-hydrogen) atoms. The molecular formula is C17H15N4O5-. The maximum Gasteiger partial charge on any atom is 0.329 e. The summed E-state index contributed by atoms with van der Waals surface area (Å²) >= 11 is 0.